The summed E-state index contributed by atoms with van der Waals surface area (Å²) >= 11 is 6.31. The highest BCUT2D eigenvalue weighted by Crippen LogP contribution is 2.35. The van der Waals surface area contributed by atoms with E-state index in [1.54, 1.807) is 17.7 Å². The molecule has 1 aliphatic heterocycles. The first-order chi connectivity index (χ1) is 15.1. The number of fused-ring (bicyclic) bond motifs is 1. The van der Waals surface area contributed by atoms with Crippen LogP contribution < -0.4 is 10.5 Å². The molecule has 0 N–H and O–H groups in total. The monoisotopic (exact) mass is 432 g/mol. The van der Waals surface area contributed by atoms with Crippen molar-refractivity contribution in [1.29, 1.82) is 0 Å². The number of ether oxygens (including phenoxy) is 1. The summed E-state index contributed by atoms with van der Waals surface area (Å²) < 4.78 is 7.37. The van der Waals surface area contributed by atoms with E-state index < -0.39 is 0 Å². The number of aromatic nitrogens is 3. The van der Waals surface area contributed by atoms with Crippen LogP contribution >= 0.6 is 11.6 Å². The number of anilines is 1. The Morgan fingerprint density at radius 1 is 1.03 bits per heavy atom. The SMILES string of the molecule is Cn1cc(-c2ccc3nc(Cl)nc(N4CCOCC4c4ccccc4)c3c2)ccc1=O. The summed E-state index contributed by atoms with van der Waals surface area (Å²) in [5.41, 5.74) is 3.84. The van der Waals surface area contributed by atoms with Gasteiger partial charge >= 0.3 is 0 Å². The standard InChI is InChI=1S/C24H21ClN4O2/c1-28-14-18(8-10-22(28)30)17-7-9-20-19(13-17)23(27-24(25)26-20)29-11-12-31-15-21(29)16-5-3-2-4-6-16/h2-10,13-14,21H,11-12,15H2,1H3. The molecule has 2 aromatic heterocycles. The van der Waals surface area contributed by atoms with Gasteiger partial charge in [0.1, 0.15) is 5.82 Å². The molecule has 0 radical (unpaired) electrons. The molecule has 0 bridgehead atoms. The molecule has 7 heteroatoms. The van der Waals surface area contributed by atoms with Crippen LogP contribution in [0.15, 0.2) is 71.7 Å². The Bertz CT molecular complexity index is 1310. The molecule has 31 heavy (non-hydrogen) atoms. The van der Waals surface area contributed by atoms with Gasteiger partial charge in [-0.3, -0.25) is 4.79 Å². The average Bonchev–Trinajstić information content (AvgIpc) is 2.80. The molecule has 1 unspecified atom stereocenters. The van der Waals surface area contributed by atoms with E-state index in [2.05, 4.69) is 33.1 Å². The maximum Gasteiger partial charge on any atom is 0.250 e. The Morgan fingerprint density at radius 3 is 2.65 bits per heavy atom. The van der Waals surface area contributed by atoms with Gasteiger partial charge in [0, 0.05) is 31.2 Å². The van der Waals surface area contributed by atoms with Crippen LogP contribution in [0.5, 0.6) is 0 Å². The van der Waals surface area contributed by atoms with Crippen LogP contribution in [-0.4, -0.2) is 34.3 Å². The van der Waals surface area contributed by atoms with E-state index in [1.165, 1.54) is 5.56 Å². The van der Waals surface area contributed by atoms with Crippen molar-refractivity contribution in [2.45, 2.75) is 6.04 Å². The molecular formula is C24H21ClN4O2. The van der Waals surface area contributed by atoms with Crippen molar-refractivity contribution in [3.63, 3.8) is 0 Å². The van der Waals surface area contributed by atoms with Gasteiger partial charge in [-0.1, -0.05) is 36.4 Å². The van der Waals surface area contributed by atoms with Gasteiger partial charge in [-0.2, -0.15) is 4.98 Å². The van der Waals surface area contributed by atoms with Crippen LogP contribution in [0.1, 0.15) is 11.6 Å². The molecule has 0 amide bonds. The van der Waals surface area contributed by atoms with Crippen LogP contribution in [0.3, 0.4) is 0 Å². The largest absolute Gasteiger partial charge is 0.377 e. The minimum absolute atomic E-state index is 0.0327. The van der Waals surface area contributed by atoms with Crippen molar-refractivity contribution < 1.29 is 4.74 Å². The first-order valence-corrected chi connectivity index (χ1v) is 10.5. The van der Waals surface area contributed by atoms with E-state index in [9.17, 15) is 4.79 Å². The maximum absolute atomic E-state index is 11.8. The van der Waals surface area contributed by atoms with Crippen molar-refractivity contribution in [3.05, 3.63) is 88.1 Å². The van der Waals surface area contributed by atoms with E-state index in [1.807, 2.05) is 42.6 Å². The molecule has 4 aromatic rings. The number of morpholine rings is 1. The van der Waals surface area contributed by atoms with E-state index in [0.717, 1.165) is 27.8 Å². The summed E-state index contributed by atoms with van der Waals surface area (Å²) in [4.78, 5) is 23.1. The van der Waals surface area contributed by atoms with E-state index >= 15 is 0 Å². The second-order valence-corrected chi connectivity index (χ2v) is 7.95. The van der Waals surface area contributed by atoms with Crippen LogP contribution in [0, 0.1) is 0 Å². The highest BCUT2D eigenvalue weighted by atomic mass is 35.5. The van der Waals surface area contributed by atoms with E-state index in [0.29, 0.717) is 19.8 Å². The lowest BCUT2D eigenvalue weighted by atomic mass is 10.0. The second-order valence-electron chi connectivity index (χ2n) is 7.61. The van der Waals surface area contributed by atoms with Crippen molar-refractivity contribution in [3.8, 4) is 11.1 Å². The van der Waals surface area contributed by atoms with Gasteiger partial charge < -0.3 is 14.2 Å². The summed E-state index contributed by atoms with van der Waals surface area (Å²) in [5.74, 6) is 0.791. The van der Waals surface area contributed by atoms with Crippen molar-refractivity contribution in [2.75, 3.05) is 24.7 Å². The molecule has 0 saturated carbocycles. The quantitative estimate of drug-likeness (QED) is 0.453. The molecular weight excluding hydrogens is 412 g/mol. The number of benzene rings is 2. The molecule has 0 aliphatic carbocycles. The lowest BCUT2D eigenvalue weighted by molar-refractivity contribution is 0.0939. The van der Waals surface area contributed by atoms with Crippen LogP contribution in [0.25, 0.3) is 22.0 Å². The fourth-order valence-electron chi connectivity index (χ4n) is 4.06. The zero-order valence-corrected chi connectivity index (χ0v) is 17.8. The Hall–Kier alpha value is -3.22. The Labute approximate surface area is 184 Å². The summed E-state index contributed by atoms with van der Waals surface area (Å²) in [5, 5.41) is 1.13. The number of rotatable bonds is 3. The smallest absolute Gasteiger partial charge is 0.250 e. The molecule has 1 atom stereocenters. The van der Waals surface area contributed by atoms with Gasteiger partial charge in [-0.25, -0.2) is 4.98 Å². The fraction of sp³-hybridized carbons (Fsp3) is 0.208. The lowest BCUT2D eigenvalue weighted by Gasteiger charge is -2.37. The summed E-state index contributed by atoms with van der Waals surface area (Å²) in [6.07, 6.45) is 1.83. The zero-order chi connectivity index (χ0) is 21.4. The number of halogens is 1. The second kappa shape index (κ2) is 8.13. The number of pyridine rings is 1. The third kappa shape index (κ3) is 3.80. The number of nitrogens with zero attached hydrogens (tertiary/aromatic N) is 4. The van der Waals surface area contributed by atoms with Gasteiger partial charge in [0.25, 0.3) is 0 Å². The third-order valence-corrected chi connectivity index (χ3v) is 5.82. The van der Waals surface area contributed by atoms with Crippen LogP contribution in [-0.2, 0) is 11.8 Å². The van der Waals surface area contributed by atoms with Gasteiger partial charge in [-0.15, -0.1) is 0 Å². The highest BCUT2D eigenvalue weighted by molar-refractivity contribution is 6.28. The molecule has 156 valence electrons. The topological polar surface area (TPSA) is 60.3 Å². The molecule has 5 rings (SSSR count). The Morgan fingerprint density at radius 2 is 1.84 bits per heavy atom. The van der Waals surface area contributed by atoms with Crippen molar-refractivity contribution >= 4 is 28.3 Å². The Kier molecular flexibility index (Phi) is 5.18. The van der Waals surface area contributed by atoms with Crippen LogP contribution in [0.4, 0.5) is 5.82 Å². The predicted molar refractivity (Wildman–Crippen MR) is 123 cm³/mol. The lowest BCUT2D eigenvalue weighted by Crippen LogP contribution is -2.40. The van der Waals surface area contributed by atoms with Gasteiger partial charge in [0.05, 0.1) is 24.8 Å². The minimum atomic E-state index is -0.0423. The Balaban J connectivity index is 1.66. The van der Waals surface area contributed by atoms with Gasteiger partial charge in [0.15, 0.2) is 0 Å². The highest BCUT2D eigenvalue weighted by Gasteiger charge is 2.27. The zero-order valence-electron chi connectivity index (χ0n) is 17.0. The van der Waals surface area contributed by atoms with Crippen molar-refractivity contribution in [1.82, 2.24) is 14.5 Å². The molecule has 1 saturated heterocycles. The first-order valence-electron chi connectivity index (χ1n) is 10.1. The first kappa shape index (κ1) is 19.7. The van der Waals surface area contributed by atoms with E-state index in [-0.39, 0.29) is 16.9 Å². The third-order valence-electron chi connectivity index (χ3n) is 5.65. The minimum Gasteiger partial charge on any atom is -0.377 e. The normalized spacial score (nSPS) is 16.6. The maximum atomic E-state index is 11.8. The number of hydrogen-bond acceptors (Lipinski definition) is 5. The van der Waals surface area contributed by atoms with Gasteiger partial charge in [-0.05, 0) is 46.5 Å². The van der Waals surface area contributed by atoms with Crippen LogP contribution in [0.2, 0.25) is 5.28 Å². The molecule has 1 fully saturated rings. The number of hydrogen-bond donors (Lipinski definition) is 0. The number of aryl methyl sites for hydroxylation is 1. The molecule has 0 spiro atoms. The molecule has 2 aromatic carbocycles. The van der Waals surface area contributed by atoms with Gasteiger partial charge in [0.2, 0.25) is 10.8 Å². The fourth-order valence-corrected chi connectivity index (χ4v) is 4.23. The molecule has 3 heterocycles. The summed E-state index contributed by atoms with van der Waals surface area (Å²) in [7, 11) is 1.75. The average molecular weight is 433 g/mol. The predicted octanol–water partition coefficient (Wildman–Crippen LogP) is 4.23. The molecule has 1 aliphatic rings. The summed E-state index contributed by atoms with van der Waals surface area (Å²) in [6, 6.07) is 19.7. The summed E-state index contributed by atoms with van der Waals surface area (Å²) in [6.45, 7) is 1.90. The van der Waals surface area contributed by atoms with E-state index in [4.69, 9.17) is 16.3 Å². The molecule has 6 nitrogen and oxygen atoms in total. The van der Waals surface area contributed by atoms with Crippen molar-refractivity contribution in [2.24, 2.45) is 7.05 Å².